The van der Waals surface area contributed by atoms with Crippen LogP contribution in [0.1, 0.15) is 38.5 Å². The summed E-state index contributed by atoms with van der Waals surface area (Å²) in [5, 5.41) is 7.13. The van der Waals surface area contributed by atoms with Gasteiger partial charge in [-0.25, -0.2) is 0 Å². The van der Waals surface area contributed by atoms with Gasteiger partial charge in [-0.3, -0.25) is 0 Å². The average molecular weight is 244 g/mol. The fourth-order valence-electron chi connectivity index (χ4n) is 2.19. The first-order chi connectivity index (χ1) is 7.83. The normalized spacial score (nSPS) is 17.1. The zero-order chi connectivity index (χ0) is 11.6. The van der Waals surface area contributed by atoms with Crippen molar-refractivity contribution in [3.05, 3.63) is 0 Å². The van der Waals surface area contributed by atoms with E-state index in [4.69, 9.17) is 17.0 Å². The van der Waals surface area contributed by atoms with E-state index in [-0.39, 0.29) is 0 Å². The van der Waals surface area contributed by atoms with E-state index in [0.717, 1.165) is 24.1 Å². The molecule has 1 rings (SSSR count). The van der Waals surface area contributed by atoms with Crippen molar-refractivity contribution in [2.24, 2.45) is 5.92 Å². The zero-order valence-corrected chi connectivity index (χ0v) is 11.1. The van der Waals surface area contributed by atoms with Crippen LogP contribution in [-0.2, 0) is 4.74 Å². The highest BCUT2D eigenvalue weighted by molar-refractivity contribution is 7.80. The number of nitrogens with one attached hydrogen (secondary N) is 2. The van der Waals surface area contributed by atoms with Crippen LogP contribution in [0.15, 0.2) is 0 Å². The van der Waals surface area contributed by atoms with Gasteiger partial charge >= 0.3 is 0 Å². The molecule has 1 fully saturated rings. The molecule has 0 unspecified atom stereocenters. The summed E-state index contributed by atoms with van der Waals surface area (Å²) in [6.07, 6.45) is 8.34. The molecule has 2 N–H and O–H groups in total. The number of hydrogen-bond acceptors (Lipinski definition) is 2. The van der Waals surface area contributed by atoms with Gasteiger partial charge in [0.2, 0.25) is 0 Å². The van der Waals surface area contributed by atoms with E-state index in [1.807, 2.05) is 0 Å². The third-order valence-corrected chi connectivity index (χ3v) is 3.44. The van der Waals surface area contributed by atoms with Crippen molar-refractivity contribution in [1.82, 2.24) is 10.6 Å². The predicted octanol–water partition coefficient (Wildman–Crippen LogP) is 2.07. The standard InChI is InChI=1S/C12H24N2OS/c1-15-10-9-14-12(16)13-8-7-11-5-3-2-4-6-11/h11H,2-10H2,1H3,(H2,13,14,16). The second-order valence-electron chi connectivity index (χ2n) is 4.47. The lowest BCUT2D eigenvalue weighted by molar-refractivity contribution is 0.204. The Labute approximate surface area is 104 Å². The minimum atomic E-state index is 0.699. The maximum absolute atomic E-state index is 5.16. The minimum absolute atomic E-state index is 0.699. The molecule has 0 radical (unpaired) electrons. The molecular weight excluding hydrogens is 220 g/mol. The highest BCUT2D eigenvalue weighted by Gasteiger charge is 2.12. The van der Waals surface area contributed by atoms with Crippen LogP contribution < -0.4 is 10.6 Å². The van der Waals surface area contributed by atoms with Gasteiger partial charge in [-0.05, 0) is 24.6 Å². The fraction of sp³-hybridized carbons (Fsp3) is 0.917. The molecule has 0 saturated heterocycles. The lowest BCUT2D eigenvalue weighted by atomic mass is 9.87. The molecule has 0 atom stereocenters. The third-order valence-electron chi connectivity index (χ3n) is 3.15. The maximum atomic E-state index is 5.16. The minimum Gasteiger partial charge on any atom is -0.383 e. The molecule has 3 nitrogen and oxygen atoms in total. The van der Waals surface area contributed by atoms with Gasteiger partial charge in [0.05, 0.1) is 6.61 Å². The van der Waals surface area contributed by atoms with Crippen LogP contribution in [-0.4, -0.2) is 31.9 Å². The quantitative estimate of drug-likeness (QED) is 0.553. The molecule has 0 bridgehead atoms. The highest BCUT2D eigenvalue weighted by Crippen LogP contribution is 2.25. The molecular formula is C12H24N2OS. The van der Waals surface area contributed by atoms with Gasteiger partial charge < -0.3 is 15.4 Å². The first-order valence-corrected chi connectivity index (χ1v) is 6.74. The van der Waals surface area contributed by atoms with E-state index in [1.54, 1.807) is 7.11 Å². The lowest BCUT2D eigenvalue weighted by Gasteiger charge is -2.21. The second kappa shape index (κ2) is 8.76. The number of thiocarbonyl (C=S) groups is 1. The summed E-state index contributed by atoms with van der Waals surface area (Å²) >= 11 is 5.16. The Morgan fingerprint density at radius 1 is 1.19 bits per heavy atom. The molecule has 1 aliphatic carbocycles. The van der Waals surface area contributed by atoms with Crippen molar-refractivity contribution < 1.29 is 4.74 Å². The molecule has 1 saturated carbocycles. The summed E-state index contributed by atoms with van der Waals surface area (Å²) in [6.45, 7) is 2.49. The largest absolute Gasteiger partial charge is 0.383 e. The molecule has 16 heavy (non-hydrogen) atoms. The molecule has 0 aromatic rings. The van der Waals surface area contributed by atoms with Gasteiger partial charge in [0.25, 0.3) is 0 Å². The first kappa shape index (κ1) is 13.7. The van der Waals surface area contributed by atoms with Crippen molar-refractivity contribution >= 4 is 17.3 Å². The Morgan fingerprint density at radius 3 is 2.56 bits per heavy atom. The van der Waals surface area contributed by atoms with Gasteiger partial charge in [-0.2, -0.15) is 0 Å². The van der Waals surface area contributed by atoms with Crippen molar-refractivity contribution in [2.45, 2.75) is 38.5 Å². The Morgan fingerprint density at radius 2 is 1.88 bits per heavy atom. The van der Waals surface area contributed by atoms with Crippen LogP contribution in [0.25, 0.3) is 0 Å². The van der Waals surface area contributed by atoms with Crippen LogP contribution in [0.3, 0.4) is 0 Å². The van der Waals surface area contributed by atoms with Gasteiger partial charge in [-0.1, -0.05) is 32.1 Å². The van der Waals surface area contributed by atoms with E-state index in [9.17, 15) is 0 Å². The van der Waals surface area contributed by atoms with Gasteiger partial charge in [0, 0.05) is 20.2 Å². The fourth-order valence-corrected chi connectivity index (χ4v) is 2.40. The molecule has 0 aromatic carbocycles. The van der Waals surface area contributed by atoms with E-state index < -0.39 is 0 Å². The van der Waals surface area contributed by atoms with Crippen molar-refractivity contribution in [3.8, 4) is 0 Å². The summed E-state index contributed by atoms with van der Waals surface area (Å²) in [6, 6.07) is 0. The summed E-state index contributed by atoms with van der Waals surface area (Å²) in [4.78, 5) is 0. The Balaban J connectivity index is 1.94. The molecule has 0 aliphatic heterocycles. The Hall–Kier alpha value is -0.350. The summed E-state index contributed by atoms with van der Waals surface area (Å²) < 4.78 is 4.94. The van der Waals surface area contributed by atoms with E-state index >= 15 is 0 Å². The molecule has 0 aromatic heterocycles. The molecule has 4 heteroatoms. The number of methoxy groups -OCH3 is 1. The smallest absolute Gasteiger partial charge is 0.166 e. The maximum Gasteiger partial charge on any atom is 0.166 e. The topological polar surface area (TPSA) is 33.3 Å². The monoisotopic (exact) mass is 244 g/mol. The first-order valence-electron chi connectivity index (χ1n) is 6.33. The van der Waals surface area contributed by atoms with E-state index in [0.29, 0.717) is 6.61 Å². The zero-order valence-electron chi connectivity index (χ0n) is 10.3. The van der Waals surface area contributed by atoms with Crippen LogP contribution in [0.5, 0.6) is 0 Å². The lowest BCUT2D eigenvalue weighted by Crippen LogP contribution is -2.37. The SMILES string of the molecule is COCCNC(=S)NCCC1CCCCC1. The van der Waals surface area contributed by atoms with Crippen molar-refractivity contribution in [3.63, 3.8) is 0 Å². The van der Waals surface area contributed by atoms with E-state index in [1.165, 1.54) is 38.5 Å². The Bertz CT molecular complexity index is 193. The molecule has 1 aliphatic rings. The van der Waals surface area contributed by atoms with Gasteiger partial charge in [0.1, 0.15) is 0 Å². The molecule has 94 valence electrons. The summed E-state index contributed by atoms with van der Waals surface area (Å²) in [7, 11) is 1.70. The average Bonchev–Trinajstić information content (AvgIpc) is 2.31. The molecule has 0 heterocycles. The highest BCUT2D eigenvalue weighted by atomic mass is 32.1. The van der Waals surface area contributed by atoms with Crippen LogP contribution >= 0.6 is 12.2 Å². The summed E-state index contributed by atoms with van der Waals surface area (Å²) in [5.74, 6) is 0.919. The molecule has 0 amide bonds. The van der Waals surface area contributed by atoms with Crippen LogP contribution in [0.4, 0.5) is 0 Å². The van der Waals surface area contributed by atoms with Gasteiger partial charge in [0.15, 0.2) is 5.11 Å². The van der Waals surface area contributed by atoms with Crippen molar-refractivity contribution in [1.29, 1.82) is 0 Å². The predicted molar refractivity (Wildman–Crippen MR) is 71.7 cm³/mol. The van der Waals surface area contributed by atoms with Gasteiger partial charge in [-0.15, -0.1) is 0 Å². The van der Waals surface area contributed by atoms with Crippen molar-refractivity contribution in [2.75, 3.05) is 26.8 Å². The number of ether oxygens (including phenoxy) is 1. The molecule has 0 spiro atoms. The van der Waals surface area contributed by atoms with Crippen LogP contribution in [0, 0.1) is 5.92 Å². The second-order valence-corrected chi connectivity index (χ2v) is 4.88. The summed E-state index contributed by atoms with van der Waals surface area (Å²) in [5.41, 5.74) is 0. The number of hydrogen-bond donors (Lipinski definition) is 2. The number of rotatable bonds is 6. The Kier molecular flexibility index (Phi) is 7.51. The van der Waals surface area contributed by atoms with E-state index in [2.05, 4.69) is 10.6 Å². The van der Waals surface area contributed by atoms with Crippen LogP contribution in [0.2, 0.25) is 0 Å². The third kappa shape index (κ3) is 6.28.